The number of guanidine groups is 1. The lowest BCUT2D eigenvalue weighted by molar-refractivity contribution is 0.383. The average Bonchev–Trinajstić information content (AvgIpc) is 2.60. The number of anilines is 1. The van der Waals surface area contributed by atoms with Crippen molar-refractivity contribution >= 4 is 45.8 Å². The zero-order chi connectivity index (χ0) is 19.2. The van der Waals surface area contributed by atoms with Gasteiger partial charge in [-0.15, -0.1) is 24.0 Å². The minimum absolute atomic E-state index is 0. The van der Waals surface area contributed by atoms with E-state index in [0.29, 0.717) is 38.7 Å². The van der Waals surface area contributed by atoms with Gasteiger partial charge in [0.1, 0.15) is 5.82 Å². The summed E-state index contributed by atoms with van der Waals surface area (Å²) in [6.07, 6.45) is 1.75. The van der Waals surface area contributed by atoms with E-state index in [2.05, 4.69) is 25.5 Å². The molecule has 8 nitrogen and oxygen atoms in total. The maximum atomic E-state index is 12.6. The van der Waals surface area contributed by atoms with Crippen LogP contribution in [-0.4, -0.2) is 74.7 Å². The Labute approximate surface area is 179 Å². The lowest BCUT2D eigenvalue weighted by Crippen LogP contribution is -2.51. The summed E-state index contributed by atoms with van der Waals surface area (Å²) < 4.78 is 26.7. The molecule has 0 radical (unpaired) electrons. The van der Waals surface area contributed by atoms with Crippen molar-refractivity contribution in [3.8, 4) is 0 Å². The van der Waals surface area contributed by atoms with Gasteiger partial charge in [0.2, 0.25) is 10.0 Å². The number of aliphatic imine (C=N–C) groups is 1. The van der Waals surface area contributed by atoms with Crippen LogP contribution in [0.5, 0.6) is 0 Å². The van der Waals surface area contributed by atoms with E-state index in [1.54, 1.807) is 17.5 Å². The summed E-state index contributed by atoms with van der Waals surface area (Å²) in [5.41, 5.74) is -0.136. The fraction of sp³-hybridized carbons (Fsp3) is 0.647. The Hall–Kier alpha value is -1.14. The van der Waals surface area contributed by atoms with Gasteiger partial charge >= 0.3 is 0 Å². The first-order valence-corrected chi connectivity index (χ1v) is 10.4. The summed E-state index contributed by atoms with van der Waals surface area (Å²) in [6.45, 7) is 8.65. The van der Waals surface area contributed by atoms with Gasteiger partial charge in [-0.1, -0.05) is 6.07 Å². The predicted octanol–water partition coefficient (Wildman–Crippen LogP) is 1.11. The Morgan fingerprint density at radius 1 is 1.22 bits per heavy atom. The number of nitrogens with zero attached hydrogens (tertiary/aromatic N) is 4. The van der Waals surface area contributed by atoms with Gasteiger partial charge in [-0.2, -0.15) is 4.31 Å². The quantitative estimate of drug-likeness (QED) is 0.351. The molecule has 1 aromatic rings. The third-order valence-electron chi connectivity index (χ3n) is 3.97. The zero-order valence-electron chi connectivity index (χ0n) is 16.5. The minimum Gasteiger partial charge on any atom is -0.355 e. The first-order valence-electron chi connectivity index (χ1n) is 8.84. The second kappa shape index (κ2) is 10.4. The van der Waals surface area contributed by atoms with Gasteiger partial charge in [0.05, 0.1) is 5.75 Å². The molecular weight excluding hydrogens is 479 g/mol. The molecule has 154 valence electrons. The van der Waals surface area contributed by atoms with E-state index in [-0.39, 0.29) is 35.3 Å². The van der Waals surface area contributed by atoms with Gasteiger partial charge in [0, 0.05) is 51.5 Å². The Morgan fingerprint density at radius 3 is 2.41 bits per heavy atom. The summed E-state index contributed by atoms with van der Waals surface area (Å²) in [4.78, 5) is 10.6. The number of pyridine rings is 1. The van der Waals surface area contributed by atoms with Gasteiger partial charge < -0.3 is 15.5 Å². The highest BCUT2D eigenvalue weighted by molar-refractivity contribution is 14.0. The summed E-state index contributed by atoms with van der Waals surface area (Å²) in [7, 11) is -1.62. The number of rotatable bonds is 5. The van der Waals surface area contributed by atoms with E-state index in [1.165, 1.54) is 0 Å². The molecule has 27 heavy (non-hydrogen) atoms. The standard InChI is InChI=1S/C17H30N6O2S.HI/c1-17(2,3)21-16(18-4)20-9-14-26(24,25)23-12-10-22(11-13-23)15-7-5-6-8-19-15;/h5-8H,9-14H2,1-4H3,(H2,18,20,21);1H. The number of hydrogen-bond donors (Lipinski definition) is 2. The molecule has 0 atom stereocenters. The van der Waals surface area contributed by atoms with E-state index in [1.807, 2.05) is 39.0 Å². The van der Waals surface area contributed by atoms with Crippen LogP contribution in [0.2, 0.25) is 0 Å². The van der Waals surface area contributed by atoms with Crippen molar-refractivity contribution in [3.05, 3.63) is 24.4 Å². The van der Waals surface area contributed by atoms with E-state index in [9.17, 15) is 8.42 Å². The molecule has 0 amide bonds. The van der Waals surface area contributed by atoms with Crippen molar-refractivity contribution in [2.24, 2.45) is 4.99 Å². The lowest BCUT2D eigenvalue weighted by Gasteiger charge is -2.34. The molecule has 0 bridgehead atoms. The van der Waals surface area contributed by atoms with Crippen molar-refractivity contribution in [3.63, 3.8) is 0 Å². The van der Waals surface area contributed by atoms with Gasteiger partial charge in [0.15, 0.2) is 5.96 Å². The van der Waals surface area contributed by atoms with Crippen LogP contribution < -0.4 is 15.5 Å². The highest BCUT2D eigenvalue weighted by Crippen LogP contribution is 2.14. The predicted molar refractivity (Wildman–Crippen MR) is 121 cm³/mol. The Kier molecular flexibility index (Phi) is 9.22. The normalized spacial score (nSPS) is 16.6. The van der Waals surface area contributed by atoms with Crippen LogP contribution in [-0.2, 0) is 10.0 Å². The fourth-order valence-corrected chi connectivity index (χ4v) is 4.04. The van der Waals surface area contributed by atoms with Crippen LogP contribution in [0.3, 0.4) is 0 Å². The van der Waals surface area contributed by atoms with Crippen LogP contribution in [0.25, 0.3) is 0 Å². The van der Waals surface area contributed by atoms with Gasteiger partial charge in [-0.3, -0.25) is 4.99 Å². The number of nitrogens with one attached hydrogen (secondary N) is 2. The molecule has 0 spiro atoms. The second-order valence-electron chi connectivity index (χ2n) is 7.26. The number of hydrogen-bond acceptors (Lipinski definition) is 5. The number of aromatic nitrogens is 1. The van der Waals surface area contributed by atoms with E-state index >= 15 is 0 Å². The second-order valence-corrected chi connectivity index (χ2v) is 9.35. The van der Waals surface area contributed by atoms with Gasteiger partial charge in [-0.25, -0.2) is 13.4 Å². The smallest absolute Gasteiger partial charge is 0.215 e. The van der Waals surface area contributed by atoms with E-state index < -0.39 is 10.0 Å². The Balaban J connectivity index is 0.00000364. The van der Waals surface area contributed by atoms with Crippen molar-refractivity contribution in [2.75, 3.05) is 50.4 Å². The third kappa shape index (κ3) is 7.78. The first kappa shape index (κ1) is 23.9. The first-order chi connectivity index (χ1) is 12.2. The Morgan fingerprint density at radius 2 is 1.89 bits per heavy atom. The largest absolute Gasteiger partial charge is 0.355 e. The monoisotopic (exact) mass is 510 g/mol. The highest BCUT2D eigenvalue weighted by atomic mass is 127. The summed E-state index contributed by atoms with van der Waals surface area (Å²) >= 11 is 0. The summed E-state index contributed by atoms with van der Waals surface area (Å²) in [5, 5.41) is 6.28. The van der Waals surface area contributed by atoms with Gasteiger partial charge in [0.25, 0.3) is 0 Å². The molecule has 2 rings (SSSR count). The van der Waals surface area contributed by atoms with Crippen molar-refractivity contribution < 1.29 is 8.42 Å². The molecule has 1 aromatic heterocycles. The van der Waals surface area contributed by atoms with Crippen LogP contribution in [0.15, 0.2) is 29.4 Å². The molecule has 0 aliphatic carbocycles. The van der Waals surface area contributed by atoms with Crippen molar-refractivity contribution in [2.45, 2.75) is 26.3 Å². The SMILES string of the molecule is CN=C(NCCS(=O)(=O)N1CCN(c2ccccn2)CC1)NC(C)(C)C.I. The zero-order valence-corrected chi connectivity index (χ0v) is 19.6. The average molecular weight is 510 g/mol. The van der Waals surface area contributed by atoms with Crippen LogP contribution in [0, 0.1) is 0 Å². The number of sulfonamides is 1. The molecular formula is C17H31IN6O2S. The highest BCUT2D eigenvalue weighted by Gasteiger charge is 2.27. The molecule has 1 fully saturated rings. The summed E-state index contributed by atoms with van der Waals surface area (Å²) in [5.74, 6) is 1.54. The third-order valence-corrected chi connectivity index (χ3v) is 5.85. The molecule has 1 aliphatic rings. The topological polar surface area (TPSA) is 89.9 Å². The molecule has 2 N–H and O–H groups in total. The molecule has 0 unspecified atom stereocenters. The molecule has 10 heteroatoms. The molecule has 1 saturated heterocycles. The number of piperazine rings is 1. The summed E-state index contributed by atoms with van der Waals surface area (Å²) in [6, 6.07) is 5.76. The van der Waals surface area contributed by atoms with Gasteiger partial charge in [-0.05, 0) is 32.9 Å². The Bertz CT molecular complexity index is 698. The minimum atomic E-state index is -3.30. The van der Waals surface area contributed by atoms with Crippen LogP contribution in [0.4, 0.5) is 5.82 Å². The molecule has 0 aromatic carbocycles. The molecule has 2 heterocycles. The van der Waals surface area contributed by atoms with Crippen LogP contribution in [0.1, 0.15) is 20.8 Å². The maximum absolute atomic E-state index is 12.6. The maximum Gasteiger partial charge on any atom is 0.215 e. The van der Waals surface area contributed by atoms with E-state index in [4.69, 9.17) is 0 Å². The molecule has 1 aliphatic heterocycles. The van der Waals surface area contributed by atoms with Crippen molar-refractivity contribution in [1.82, 2.24) is 19.9 Å². The molecule has 0 saturated carbocycles. The lowest BCUT2D eigenvalue weighted by atomic mass is 10.1. The van der Waals surface area contributed by atoms with Crippen LogP contribution >= 0.6 is 24.0 Å². The number of halogens is 1. The van der Waals surface area contributed by atoms with E-state index in [0.717, 1.165) is 5.82 Å². The van der Waals surface area contributed by atoms with Crippen molar-refractivity contribution in [1.29, 1.82) is 0 Å². The fourth-order valence-electron chi connectivity index (χ4n) is 2.70.